The monoisotopic (exact) mass is 491 g/mol. The number of alkyl halides is 6. The van der Waals surface area contributed by atoms with Gasteiger partial charge in [-0.2, -0.15) is 26.3 Å². The molecule has 2 aromatic carbocycles. The maximum absolute atomic E-state index is 13.4. The van der Waals surface area contributed by atoms with Gasteiger partial charge in [-0.15, -0.1) is 0 Å². The Kier molecular flexibility index (Phi) is 6.32. The van der Waals surface area contributed by atoms with E-state index in [-0.39, 0.29) is 11.6 Å². The van der Waals surface area contributed by atoms with Crippen molar-refractivity contribution in [2.75, 3.05) is 6.61 Å². The van der Waals surface area contributed by atoms with Crippen LogP contribution in [0.4, 0.5) is 30.7 Å². The Balaban J connectivity index is 1.99. The summed E-state index contributed by atoms with van der Waals surface area (Å²) >= 11 is 0. The van der Waals surface area contributed by atoms with Gasteiger partial charge in [0.1, 0.15) is 16.8 Å². The first kappa shape index (κ1) is 25.7. The van der Waals surface area contributed by atoms with Crippen molar-refractivity contribution in [1.82, 2.24) is 5.32 Å². The molecule has 0 radical (unpaired) electrons. The minimum atomic E-state index is -5.04. The third-order valence-corrected chi connectivity index (χ3v) is 5.82. The van der Waals surface area contributed by atoms with Crippen LogP contribution < -0.4 is 5.32 Å². The zero-order valence-electron chi connectivity index (χ0n) is 18.2. The predicted octanol–water partition coefficient (Wildman–Crippen LogP) is 5.56. The second kappa shape index (κ2) is 8.37. The van der Waals surface area contributed by atoms with E-state index in [9.17, 15) is 40.3 Å². The van der Waals surface area contributed by atoms with Crippen LogP contribution in [0.15, 0.2) is 42.5 Å². The second-order valence-corrected chi connectivity index (χ2v) is 8.61. The summed E-state index contributed by atoms with van der Waals surface area (Å²) in [5, 5.41) is 2.53. The van der Waals surface area contributed by atoms with Crippen molar-refractivity contribution in [1.29, 1.82) is 0 Å². The fourth-order valence-electron chi connectivity index (χ4n) is 3.73. The van der Waals surface area contributed by atoms with E-state index in [1.54, 1.807) is 0 Å². The van der Waals surface area contributed by atoms with Gasteiger partial charge in [0.15, 0.2) is 5.78 Å². The summed E-state index contributed by atoms with van der Waals surface area (Å²) in [5.74, 6) is -1.91. The summed E-state index contributed by atoms with van der Waals surface area (Å²) in [6.45, 7) is 3.34. The standard InChI is InChI=1S/C23H20F7NO3/c1-12(13-8-15(22(25,26)27)10-16(9-13)23(28,29)30)34-11-21(14-4-6-17(24)7-5-14)18(32)20(2,3)19(33)31-21/h4-10,12H,11H2,1-3H3,(H,31,33)/t12-,21-/m1/s1. The molecular formula is C23H20F7NO3. The maximum Gasteiger partial charge on any atom is 0.416 e. The number of halogens is 7. The minimum absolute atomic E-state index is 0.000530. The van der Waals surface area contributed by atoms with Gasteiger partial charge in [0.05, 0.1) is 23.8 Å². The largest absolute Gasteiger partial charge is 0.416 e. The van der Waals surface area contributed by atoms with Crippen LogP contribution in [-0.2, 0) is 32.2 Å². The first-order chi connectivity index (χ1) is 15.5. The summed E-state index contributed by atoms with van der Waals surface area (Å²) in [7, 11) is 0. The van der Waals surface area contributed by atoms with Gasteiger partial charge >= 0.3 is 12.4 Å². The van der Waals surface area contributed by atoms with E-state index < -0.39 is 70.2 Å². The number of benzene rings is 2. The highest BCUT2D eigenvalue weighted by atomic mass is 19.4. The van der Waals surface area contributed by atoms with E-state index >= 15 is 0 Å². The van der Waals surface area contributed by atoms with Crippen molar-refractivity contribution in [2.24, 2.45) is 5.41 Å². The molecule has 184 valence electrons. The van der Waals surface area contributed by atoms with Crippen LogP contribution in [-0.4, -0.2) is 18.3 Å². The summed E-state index contributed by atoms with van der Waals surface area (Å²) < 4.78 is 98.2. The van der Waals surface area contributed by atoms with Crippen molar-refractivity contribution in [3.05, 3.63) is 70.5 Å². The molecule has 11 heteroatoms. The Morgan fingerprint density at radius 2 is 1.41 bits per heavy atom. The van der Waals surface area contributed by atoms with Gasteiger partial charge < -0.3 is 10.1 Å². The molecule has 1 aliphatic rings. The van der Waals surface area contributed by atoms with Crippen molar-refractivity contribution < 1.29 is 45.1 Å². The van der Waals surface area contributed by atoms with Gasteiger partial charge in [-0.25, -0.2) is 4.39 Å². The van der Waals surface area contributed by atoms with E-state index in [1.165, 1.54) is 32.9 Å². The molecule has 0 saturated carbocycles. The third kappa shape index (κ3) is 4.66. The average molecular weight is 491 g/mol. The van der Waals surface area contributed by atoms with E-state index in [2.05, 4.69) is 5.32 Å². The third-order valence-electron chi connectivity index (χ3n) is 5.82. The number of hydrogen-bond donors (Lipinski definition) is 1. The highest BCUT2D eigenvalue weighted by molar-refractivity contribution is 6.16. The predicted molar refractivity (Wildman–Crippen MR) is 106 cm³/mol. The first-order valence-electron chi connectivity index (χ1n) is 10.0. The molecule has 1 heterocycles. The number of carbonyl (C=O) groups excluding carboxylic acids is 2. The van der Waals surface area contributed by atoms with Gasteiger partial charge in [-0.05, 0) is 62.2 Å². The van der Waals surface area contributed by atoms with Crippen LogP contribution in [0.1, 0.15) is 49.1 Å². The Bertz CT molecular complexity index is 1070. The number of hydrogen-bond acceptors (Lipinski definition) is 3. The number of nitrogens with one attached hydrogen (secondary N) is 1. The molecule has 0 unspecified atom stereocenters. The number of amides is 1. The van der Waals surface area contributed by atoms with Crippen molar-refractivity contribution in [2.45, 2.75) is 44.8 Å². The first-order valence-corrected chi connectivity index (χ1v) is 10.0. The molecular weight excluding hydrogens is 471 g/mol. The molecule has 1 fully saturated rings. The normalized spacial score (nSPS) is 21.5. The van der Waals surface area contributed by atoms with Crippen LogP contribution in [0, 0.1) is 11.2 Å². The highest BCUT2D eigenvalue weighted by Gasteiger charge is 2.58. The SMILES string of the molecule is C[C@@H](OC[C@]1(c2ccc(F)cc2)NC(=O)C(C)(C)C1=O)c1cc(C(F)(F)F)cc(C(F)(F)F)c1. The number of Topliss-reactive ketones (excluding diaryl/α,β-unsaturated/α-hetero) is 1. The lowest BCUT2D eigenvalue weighted by atomic mass is 9.78. The Morgan fingerprint density at radius 1 is 0.912 bits per heavy atom. The lowest BCUT2D eigenvalue weighted by Gasteiger charge is -2.30. The smallest absolute Gasteiger partial charge is 0.371 e. The minimum Gasteiger partial charge on any atom is -0.371 e. The van der Waals surface area contributed by atoms with Crippen molar-refractivity contribution >= 4 is 11.7 Å². The van der Waals surface area contributed by atoms with Crippen LogP contribution >= 0.6 is 0 Å². The molecule has 0 bridgehead atoms. The number of ether oxygens (including phenoxy) is 1. The van der Waals surface area contributed by atoms with Crippen LogP contribution in [0.25, 0.3) is 0 Å². The fraction of sp³-hybridized carbons (Fsp3) is 0.391. The zero-order valence-corrected chi connectivity index (χ0v) is 18.2. The van der Waals surface area contributed by atoms with E-state index in [1.807, 2.05) is 0 Å². The summed E-state index contributed by atoms with van der Waals surface area (Å²) in [6.07, 6.45) is -11.4. The van der Waals surface area contributed by atoms with E-state index in [0.29, 0.717) is 12.1 Å². The lowest BCUT2D eigenvalue weighted by Crippen LogP contribution is -2.48. The zero-order chi connectivity index (χ0) is 25.7. The molecule has 34 heavy (non-hydrogen) atoms. The van der Waals surface area contributed by atoms with Gasteiger partial charge in [-0.1, -0.05) is 12.1 Å². The summed E-state index contributed by atoms with van der Waals surface area (Å²) in [4.78, 5) is 25.7. The number of carbonyl (C=O) groups is 2. The molecule has 2 atom stereocenters. The van der Waals surface area contributed by atoms with E-state index in [4.69, 9.17) is 4.74 Å². The second-order valence-electron chi connectivity index (χ2n) is 8.61. The van der Waals surface area contributed by atoms with Gasteiger partial charge in [0, 0.05) is 0 Å². The molecule has 1 saturated heterocycles. The maximum atomic E-state index is 13.4. The number of ketones is 1. The molecule has 4 nitrogen and oxygen atoms in total. The highest BCUT2D eigenvalue weighted by Crippen LogP contribution is 2.41. The molecule has 1 N–H and O–H groups in total. The van der Waals surface area contributed by atoms with Crippen LogP contribution in [0.5, 0.6) is 0 Å². The van der Waals surface area contributed by atoms with Crippen molar-refractivity contribution in [3.63, 3.8) is 0 Å². The van der Waals surface area contributed by atoms with Gasteiger partial charge in [0.2, 0.25) is 5.91 Å². The molecule has 0 spiro atoms. The molecule has 3 rings (SSSR count). The molecule has 1 aliphatic heterocycles. The van der Waals surface area contributed by atoms with E-state index in [0.717, 1.165) is 12.1 Å². The van der Waals surface area contributed by atoms with Gasteiger partial charge in [0.25, 0.3) is 0 Å². The molecule has 1 amide bonds. The molecule has 0 aromatic heterocycles. The average Bonchev–Trinajstić information content (AvgIpc) is 2.91. The summed E-state index contributed by atoms with van der Waals surface area (Å²) in [5.41, 5.74) is -6.59. The van der Waals surface area contributed by atoms with Crippen molar-refractivity contribution in [3.8, 4) is 0 Å². The van der Waals surface area contributed by atoms with Crippen LogP contribution in [0.3, 0.4) is 0 Å². The fourth-order valence-corrected chi connectivity index (χ4v) is 3.73. The quantitative estimate of drug-likeness (QED) is 0.440. The Labute approximate surface area is 190 Å². The van der Waals surface area contributed by atoms with Gasteiger partial charge in [-0.3, -0.25) is 9.59 Å². The van der Waals surface area contributed by atoms with Crippen LogP contribution in [0.2, 0.25) is 0 Å². The summed E-state index contributed by atoms with van der Waals surface area (Å²) in [6, 6.07) is 5.65. The lowest BCUT2D eigenvalue weighted by molar-refractivity contribution is -0.143. The Hall–Kier alpha value is -2.95. The molecule has 0 aliphatic carbocycles. The Morgan fingerprint density at radius 3 is 1.82 bits per heavy atom. The number of rotatable bonds is 5. The molecule has 2 aromatic rings. The topological polar surface area (TPSA) is 55.4 Å².